The number of carbonyl (C=O) groups excluding carboxylic acids is 1. The molecular formula is C19H21NO3. The molecule has 0 radical (unpaired) electrons. The summed E-state index contributed by atoms with van der Waals surface area (Å²) in [5.74, 6) is 1.82. The van der Waals surface area contributed by atoms with Crippen molar-refractivity contribution in [2.24, 2.45) is 0 Å². The van der Waals surface area contributed by atoms with Gasteiger partial charge < -0.3 is 14.4 Å². The standard InChI is InChI=1S/C19H21NO3/c1-15(21)16-8-9-19-18(14-16)20(11-13-23-19)10-5-12-22-17-6-3-2-4-7-17/h2-4,6-9,14H,5,10-13H2,1H3. The van der Waals surface area contributed by atoms with Crippen LogP contribution in [0.2, 0.25) is 0 Å². The minimum atomic E-state index is 0.0748. The predicted octanol–water partition coefficient (Wildman–Crippen LogP) is 3.56. The summed E-state index contributed by atoms with van der Waals surface area (Å²) in [6.45, 7) is 4.64. The zero-order valence-electron chi connectivity index (χ0n) is 13.3. The Labute approximate surface area is 136 Å². The highest BCUT2D eigenvalue weighted by Gasteiger charge is 2.18. The molecule has 4 nitrogen and oxygen atoms in total. The second kappa shape index (κ2) is 7.18. The highest BCUT2D eigenvalue weighted by molar-refractivity contribution is 5.95. The number of fused-ring (bicyclic) bond motifs is 1. The zero-order chi connectivity index (χ0) is 16.1. The fourth-order valence-corrected chi connectivity index (χ4v) is 2.69. The SMILES string of the molecule is CC(=O)c1ccc2c(c1)N(CCCOc1ccccc1)CCO2. The van der Waals surface area contributed by atoms with Crippen LogP contribution in [0.5, 0.6) is 11.5 Å². The number of para-hydroxylation sites is 1. The van der Waals surface area contributed by atoms with E-state index in [-0.39, 0.29) is 5.78 Å². The molecule has 3 rings (SSSR count). The van der Waals surface area contributed by atoms with Gasteiger partial charge in [-0.25, -0.2) is 0 Å². The van der Waals surface area contributed by atoms with E-state index in [0.717, 1.165) is 42.3 Å². The molecule has 1 aliphatic rings. The van der Waals surface area contributed by atoms with Gasteiger partial charge in [0.05, 0.1) is 18.8 Å². The van der Waals surface area contributed by atoms with Gasteiger partial charge in [0, 0.05) is 12.1 Å². The first-order chi connectivity index (χ1) is 11.2. The average molecular weight is 311 g/mol. The number of ether oxygens (including phenoxy) is 2. The summed E-state index contributed by atoms with van der Waals surface area (Å²) < 4.78 is 11.4. The van der Waals surface area contributed by atoms with Crippen molar-refractivity contribution in [2.45, 2.75) is 13.3 Å². The third-order valence-corrected chi connectivity index (χ3v) is 3.91. The number of carbonyl (C=O) groups is 1. The van der Waals surface area contributed by atoms with Crippen LogP contribution < -0.4 is 14.4 Å². The van der Waals surface area contributed by atoms with Crippen LogP contribution in [0.1, 0.15) is 23.7 Å². The van der Waals surface area contributed by atoms with Gasteiger partial charge in [0.15, 0.2) is 5.78 Å². The summed E-state index contributed by atoms with van der Waals surface area (Å²) >= 11 is 0. The van der Waals surface area contributed by atoms with E-state index in [2.05, 4.69) is 4.90 Å². The predicted molar refractivity (Wildman–Crippen MR) is 90.7 cm³/mol. The minimum absolute atomic E-state index is 0.0748. The molecule has 0 N–H and O–H groups in total. The number of hydrogen-bond donors (Lipinski definition) is 0. The molecule has 120 valence electrons. The van der Waals surface area contributed by atoms with E-state index in [1.807, 2.05) is 48.5 Å². The van der Waals surface area contributed by atoms with E-state index in [0.29, 0.717) is 13.2 Å². The van der Waals surface area contributed by atoms with Gasteiger partial charge in [0.1, 0.15) is 18.1 Å². The molecule has 2 aromatic rings. The normalized spacial score (nSPS) is 13.2. The van der Waals surface area contributed by atoms with Crippen molar-refractivity contribution < 1.29 is 14.3 Å². The molecule has 2 aromatic carbocycles. The summed E-state index contributed by atoms with van der Waals surface area (Å²) in [5, 5.41) is 0. The maximum Gasteiger partial charge on any atom is 0.159 e. The largest absolute Gasteiger partial charge is 0.494 e. The van der Waals surface area contributed by atoms with Crippen molar-refractivity contribution in [1.82, 2.24) is 0 Å². The maximum atomic E-state index is 11.6. The average Bonchev–Trinajstić information content (AvgIpc) is 2.59. The number of hydrogen-bond acceptors (Lipinski definition) is 4. The lowest BCUT2D eigenvalue weighted by molar-refractivity contribution is 0.101. The Kier molecular flexibility index (Phi) is 4.81. The molecule has 0 saturated heterocycles. The molecule has 0 aromatic heterocycles. The van der Waals surface area contributed by atoms with Crippen molar-refractivity contribution in [1.29, 1.82) is 0 Å². The van der Waals surface area contributed by atoms with Gasteiger partial charge in [0.25, 0.3) is 0 Å². The molecule has 1 aliphatic heterocycles. The Morgan fingerprint density at radius 1 is 1.22 bits per heavy atom. The summed E-state index contributed by atoms with van der Waals surface area (Å²) in [7, 11) is 0. The van der Waals surface area contributed by atoms with E-state index in [1.54, 1.807) is 6.92 Å². The lowest BCUT2D eigenvalue weighted by Gasteiger charge is -2.31. The van der Waals surface area contributed by atoms with Crippen molar-refractivity contribution in [3.05, 3.63) is 54.1 Å². The molecule has 0 fully saturated rings. The van der Waals surface area contributed by atoms with Gasteiger partial charge >= 0.3 is 0 Å². The molecule has 0 aliphatic carbocycles. The van der Waals surface area contributed by atoms with Gasteiger partial charge in [-0.2, -0.15) is 0 Å². The van der Waals surface area contributed by atoms with E-state index in [1.165, 1.54) is 0 Å². The molecule has 0 amide bonds. The number of Topliss-reactive ketones (excluding diaryl/α,β-unsaturated/α-hetero) is 1. The maximum absolute atomic E-state index is 11.6. The quantitative estimate of drug-likeness (QED) is 0.604. The molecular weight excluding hydrogens is 290 g/mol. The summed E-state index contributed by atoms with van der Waals surface area (Å²) in [5.41, 5.74) is 1.73. The second-order valence-electron chi connectivity index (χ2n) is 5.59. The molecule has 1 heterocycles. The Bertz CT molecular complexity index is 670. The Morgan fingerprint density at radius 2 is 2.04 bits per heavy atom. The summed E-state index contributed by atoms with van der Waals surface area (Å²) in [6, 6.07) is 15.5. The lowest BCUT2D eigenvalue weighted by atomic mass is 10.1. The van der Waals surface area contributed by atoms with E-state index >= 15 is 0 Å². The van der Waals surface area contributed by atoms with Crippen LogP contribution >= 0.6 is 0 Å². The van der Waals surface area contributed by atoms with E-state index in [9.17, 15) is 4.79 Å². The Morgan fingerprint density at radius 3 is 2.83 bits per heavy atom. The first-order valence-corrected chi connectivity index (χ1v) is 7.94. The van der Waals surface area contributed by atoms with Crippen LogP contribution in [0.15, 0.2) is 48.5 Å². The van der Waals surface area contributed by atoms with E-state index in [4.69, 9.17) is 9.47 Å². The van der Waals surface area contributed by atoms with Crippen molar-refractivity contribution in [3.63, 3.8) is 0 Å². The van der Waals surface area contributed by atoms with Crippen LogP contribution in [0.3, 0.4) is 0 Å². The van der Waals surface area contributed by atoms with Gasteiger partial charge in [-0.3, -0.25) is 4.79 Å². The monoisotopic (exact) mass is 311 g/mol. The zero-order valence-corrected chi connectivity index (χ0v) is 13.3. The van der Waals surface area contributed by atoms with Crippen LogP contribution in [0.25, 0.3) is 0 Å². The molecule has 0 atom stereocenters. The topological polar surface area (TPSA) is 38.8 Å². The molecule has 0 unspecified atom stereocenters. The highest BCUT2D eigenvalue weighted by atomic mass is 16.5. The molecule has 4 heteroatoms. The number of nitrogens with zero attached hydrogens (tertiary/aromatic N) is 1. The molecule has 23 heavy (non-hydrogen) atoms. The highest BCUT2D eigenvalue weighted by Crippen LogP contribution is 2.32. The van der Waals surface area contributed by atoms with Gasteiger partial charge in [-0.1, -0.05) is 18.2 Å². The third kappa shape index (κ3) is 3.83. The van der Waals surface area contributed by atoms with Crippen molar-refractivity contribution >= 4 is 11.5 Å². The van der Waals surface area contributed by atoms with E-state index < -0.39 is 0 Å². The second-order valence-corrected chi connectivity index (χ2v) is 5.59. The first-order valence-electron chi connectivity index (χ1n) is 7.94. The number of anilines is 1. The Hall–Kier alpha value is -2.49. The smallest absolute Gasteiger partial charge is 0.159 e. The molecule has 0 saturated carbocycles. The van der Waals surface area contributed by atoms with Crippen LogP contribution in [-0.2, 0) is 0 Å². The van der Waals surface area contributed by atoms with Crippen LogP contribution in [0.4, 0.5) is 5.69 Å². The molecule has 0 bridgehead atoms. The fourth-order valence-electron chi connectivity index (χ4n) is 2.69. The lowest BCUT2D eigenvalue weighted by Crippen LogP contribution is -2.34. The van der Waals surface area contributed by atoms with Crippen molar-refractivity contribution in [3.8, 4) is 11.5 Å². The third-order valence-electron chi connectivity index (χ3n) is 3.91. The van der Waals surface area contributed by atoms with Gasteiger partial charge in [0.2, 0.25) is 0 Å². The van der Waals surface area contributed by atoms with Gasteiger partial charge in [-0.15, -0.1) is 0 Å². The van der Waals surface area contributed by atoms with Crippen molar-refractivity contribution in [2.75, 3.05) is 31.2 Å². The number of ketones is 1. The summed E-state index contributed by atoms with van der Waals surface area (Å²) in [4.78, 5) is 13.8. The molecule has 0 spiro atoms. The minimum Gasteiger partial charge on any atom is -0.494 e. The van der Waals surface area contributed by atoms with Crippen LogP contribution in [0, 0.1) is 0 Å². The number of benzene rings is 2. The Balaban J connectivity index is 1.59. The van der Waals surface area contributed by atoms with Crippen LogP contribution in [-0.4, -0.2) is 32.1 Å². The van der Waals surface area contributed by atoms with Gasteiger partial charge in [-0.05, 0) is 43.7 Å². The summed E-state index contributed by atoms with van der Waals surface area (Å²) in [6.07, 6.45) is 0.915. The first kappa shape index (κ1) is 15.4. The fraction of sp³-hybridized carbons (Fsp3) is 0.316. The number of rotatable bonds is 6.